The molecular weight excluding hydrogens is 287 g/mol. The van der Waals surface area contributed by atoms with Crippen molar-refractivity contribution in [2.45, 2.75) is 44.1 Å². The van der Waals surface area contributed by atoms with Gasteiger partial charge in [0.25, 0.3) is 0 Å². The zero-order valence-corrected chi connectivity index (χ0v) is 13.2. The third kappa shape index (κ3) is 4.15. The molecule has 1 atom stereocenters. The van der Waals surface area contributed by atoms with Gasteiger partial charge >= 0.3 is 117 Å². The van der Waals surface area contributed by atoms with E-state index in [2.05, 4.69) is 67.3 Å². The van der Waals surface area contributed by atoms with Gasteiger partial charge in [-0.25, -0.2) is 0 Å². The van der Waals surface area contributed by atoms with Crippen molar-refractivity contribution in [3.8, 4) is 0 Å². The van der Waals surface area contributed by atoms with Crippen molar-refractivity contribution in [3.05, 3.63) is 30.3 Å². The first-order valence-electron chi connectivity index (χ1n) is 6.57. The first-order chi connectivity index (χ1) is 8.54. The average Bonchev–Trinajstić information content (AvgIpc) is 2.74. The fourth-order valence-corrected chi connectivity index (χ4v) is 4.46. The summed E-state index contributed by atoms with van der Waals surface area (Å²) < 4.78 is 1.49. The number of nitrogens with zero attached hydrogens (tertiary/aromatic N) is 2. The Hall–Kier alpha value is -0.791. The Balaban J connectivity index is 1.98. The molecule has 2 nitrogen and oxygen atoms in total. The second kappa shape index (κ2) is 5.90. The van der Waals surface area contributed by atoms with E-state index >= 15 is 0 Å². The molecule has 98 valence electrons. The fraction of sp³-hybridized carbons (Fsp3) is 0.533. The normalized spacial score (nSPS) is 20.8. The van der Waals surface area contributed by atoms with Crippen LogP contribution in [-0.2, 0) is 0 Å². The van der Waals surface area contributed by atoms with E-state index < -0.39 is 0 Å². The van der Waals surface area contributed by atoms with Gasteiger partial charge in [0.1, 0.15) is 0 Å². The topological polar surface area (TPSA) is 15.6 Å². The summed E-state index contributed by atoms with van der Waals surface area (Å²) in [4.78, 5) is 7.77. The van der Waals surface area contributed by atoms with Crippen molar-refractivity contribution < 1.29 is 0 Å². The molecule has 3 heteroatoms. The molecule has 18 heavy (non-hydrogen) atoms. The molecular formula is C15H22N2Se. The third-order valence-electron chi connectivity index (χ3n) is 2.85. The third-order valence-corrected chi connectivity index (χ3v) is 5.62. The van der Waals surface area contributed by atoms with Crippen molar-refractivity contribution in [1.82, 2.24) is 4.90 Å². The van der Waals surface area contributed by atoms with Crippen molar-refractivity contribution >= 4 is 25.8 Å². The molecule has 1 aliphatic heterocycles. The van der Waals surface area contributed by atoms with Gasteiger partial charge in [-0.3, -0.25) is 0 Å². The van der Waals surface area contributed by atoms with Gasteiger partial charge in [0, 0.05) is 0 Å². The van der Waals surface area contributed by atoms with Crippen molar-refractivity contribution in [2.75, 3.05) is 6.54 Å². The van der Waals surface area contributed by atoms with Gasteiger partial charge in [-0.1, -0.05) is 0 Å². The monoisotopic (exact) mass is 310 g/mol. The standard InChI is InChI=1S/C15H22N2Se/c1-15(2,3)16-12-17-11-7-10-14(17)18-13-8-5-4-6-9-13/h4-6,8-9,12,14H,7,10-11H2,1-3H3. The van der Waals surface area contributed by atoms with Gasteiger partial charge in [-0.05, 0) is 0 Å². The van der Waals surface area contributed by atoms with Gasteiger partial charge in [0.05, 0.1) is 0 Å². The Kier molecular flexibility index (Phi) is 4.47. The summed E-state index contributed by atoms with van der Waals surface area (Å²) in [6.45, 7) is 7.61. The SMILES string of the molecule is CC(C)(C)N=CN1CCCC1[Se]c1ccccc1. The number of hydrogen-bond acceptors (Lipinski definition) is 1. The number of rotatable bonds is 3. The summed E-state index contributed by atoms with van der Waals surface area (Å²) in [5.41, 5.74) is 0.0346. The molecule has 0 aromatic heterocycles. The fourth-order valence-electron chi connectivity index (χ4n) is 1.92. The van der Waals surface area contributed by atoms with E-state index in [0.717, 1.165) is 0 Å². The van der Waals surface area contributed by atoms with Crippen molar-refractivity contribution in [2.24, 2.45) is 4.99 Å². The summed E-state index contributed by atoms with van der Waals surface area (Å²) in [5, 5.41) is 0. The molecule has 1 heterocycles. The molecule has 0 aliphatic carbocycles. The van der Waals surface area contributed by atoms with Gasteiger partial charge in [0.2, 0.25) is 0 Å². The van der Waals surface area contributed by atoms with Crippen LogP contribution in [0.5, 0.6) is 0 Å². The summed E-state index contributed by atoms with van der Waals surface area (Å²) in [7, 11) is 0. The molecule has 1 fully saturated rings. The second-order valence-corrected chi connectivity index (χ2v) is 8.31. The number of likely N-dealkylation sites (tertiary alicyclic amines) is 1. The van der Waals surface area contributed by atoms with E-state index in [9.17, 15) is 0 Å². The van der Waals surface area contributed by atoms with Crippen LogP contribution in [0.1, 0.15) is 33.6 Å². The quantitative estimate of drug-likeness (QED) is 0.475. The van der Waals surface area contributed by atoms with Gasteiger partial charge < -0.3 is 0 Å². The zero-order valence-electron chi connectivity index (χ0n) is 11.5. The van der Waals surface area contributed by atoms with E-state index in [1.807, 2.05) is 0 Å². The maximum absolute atomic E-state index is 4.64. The van der Waals surface area contributed by atoms with Gasteiger partial charge in [-0.2, -0.15) is 0 Å². The molecule has 0 spiro atoms. The molecule has 1 aromatic carbocycles. The molecule has 0 amide bonds. The van der Waals surface area contributed by atoms with Crippen molar-refractivity contribution in [3.63, 3.8) is 0 Å². The summed E-state index contributed by atoms with van der Waals surface area (Å²) in [6.07, 6.45) is 4.70. The Morgan fingerprint density at radius 2 is 2.00 bits per heavy atom. The van der Waals surface area contributed by atoms with Crippen LogP contribution in [-0.4, -0.2) is 43.2 Å². The minimum absolute atomic E-state index is 0.0346. The minimum atomic E-state index is 0.0346. The Bertz CT molecular complexity index is 395. The number of aliphatic imine (C=N–C) groups is 1. The van der Waals surface area contributed by atoms with Crippen LogP contribution in [0.3, 0.4) is 0 Å². The van der Waals surface area contributed by atoms with E-state index in [0.29, 0.717) is 19.9 Å². The molecule has 2 rings (SSSR count). The van der Waals surface area contributed by atoms with Crippen LogP contribution in [0.2, 0.25) is 0 Å². The molecule has 0 N–H and O–H groups in total. The predicted octanol–water partition coefficient (Wildman–Crippen LogP) is 2.26. The molecule has 0 radical (unpaired) electrons. The zero-order chi connectivity index (χ0) is 13.0. The Labute approximate surface area is 117 Å². The summed E-state index contributed by atoms with van der Waals surface area (Å²) in [5.74, 6) is 0. The van der Waals surface area contributed by atoms with Crippen LogP contribution in [0.15, 0.2) is 35.3 Å². The van der Waals surface area contributed by atoms with Crippen LogP contribution in [0, 0.1) is 0 Å². The Morgan fingerprint density at radius 3 is 2.67 bits per heavy atom. The molecule has 0 saturated carbocycles. The van der Waals surface area contributed by atoms with Crippen LogP contribution in [0.4, 0.5) is 0 Å². The molecule has 1 aliphatic rings. The van der Waals surface area contributed by atoms with E-state index in [1.165, 1.54) is 23.8 Å². The van der Waals surface area contributed by atoms with Crippen molar-refractivity contribution in [1.29, 1.82) is 0 Å². The number of hydrogen-bond donors (Lipinski definition) is 0. The number of benzene rings is 1. The van der Waals surface area contributed by atoms with Crippen LogP contribution in [0.25, 0.3) is 0 Å². The molecule has 1 unspecified atom stereocenters. The predicted molar refractivity (Wildman–Crippen MR) is 79.8 cm³/mol. The summed E-state index contributed by atoms with van der Waals surface area (Å²) in [6, 6.07) is 10.9. The Morgan fingerprint density at radius 1 is 1.28 bits per heavy atom. The first kappa shape index (κ1) is 13.6. The maximum atomic E-state index is 4.64. The molecule has 0 bridgehead atoms. The first-order valence-corrected chi connectivity index (χ1v) is 8.42. The van der Waals surface area contributed by atoms with E-state index in [4.69, 9.17) is 0 Å². The van der Waals surface area contributed by atoms with Gasteiger partial charge in [0.15, 0.2) is 0 Å². The van der Waals surface area contributed by atoms with Crippen LogP contribution >= 0.6 is 0 Å². The molecule has 1 saturated heterocycles. The summed E-state index contributed by atoms with van der Waals surface area (Å²) >= 11 is 0.529. The van der Waals surface area contributed by atoms with E-state index in [1.54, 1.807) is 0 Å². The molecule has 1 aromatic rings. The van der Waals surface area contributed by atoms with Gasteiger partial charge in [-0.15, -0.1) is 0 Å². The van der Waals surface area contributed by atoms with E-state index in [-0.39, 0.29) is 5.54 Å². The van der Waals surface area contributed by atoms with Crippen LogP contribution < -0.4 is 4.46 Å². The average molecular weight is 309 g/mol. The second-order valence-electron chi connectivity index (χ2n) is 5.68.